The average Bonchev–Trinajstić information content (AvgIpc) is 3.55. The molecular formula is C43H27N3O. The monoisotopic (exact) mass is 601 g/mol. The molecule has 47 heavy (non-hydrogen) atoms. The van der Waals surface area contributed by atoms with Crippen LogP contribution in [0.5, 0.6) is 0 Å². The molecule has 0 amide bonds. The lowest BCUT2D eigenvalue weighted by Crippen LogP contribution is -2.00. The molecule has 4 nitrogen and oxygen atoms in total. The zero-order valence-electron chi connectivity index (χ0n) is 25.3. The fourth-order valence-corrected chi connectivity index (χ4v) is 6.48. The van der Waals surface area contributed by atoms with Crippen LogP contribution in [0.15, 0.2) is 168 Å². The number of hydrogen-bond acceptors (Lipinski definition) is 4. The van der Waals surface area contributed by atoms with E-state index >= 15 is 0 Å². The van der Waals surface area contributed by atoms with Gasteiger partial charge in [0.25, 0.3) is 0 Å². The molecule has 0 N–H and O–H groups in total. The third-order valence-electron chi connectivity index (χ3n) is 8.75. The van der Waals surface area contributed by atoms with E-state index in [-0.39, 0.29) is 0 Å². The molecule has 0 spiro atoms. The molecule has 9 rings (SSSR count). The van der Waals surface area contributed by atoms with Crippen molar-refractivity contribution in [3.05, 3.63) is 164 Å². The van der Waals surface area contributed by atoms with Crippen molar-refractivity contribution in [3.8, 4) is 56.4 Å². The van der Waals surface area contributed by atoms with Gasteiger partial charge in [-0.1, -0.05) is 152 Å². The maximum atomic E-state index is 6.65. The lowest BCUT2D eigenvalue weighted by atomic mass is 9.93. The molecule has 0 unspecified atom stereocenters. The van der Waals surface area contributed by atoms with Gasteiger partial charge in [0.15, 0.2) is 17.5 Å². The molecule has 7 aromatic carbocycles. The fourth-order valence-electron chi connectivity index (χ4n) is 6.48. The van der Waals surface area contributed by atoms with Crippen LogP contribution in [-0.2, 0) is 0 Å². The van der Waals surface area contributed by atoms with Gasteiger partial charge in [0.1, 0.15) is 11.2 Å². The quantitative estimate of drug-likeness (QED) is 0.197. The van der Waals surface area contributed by atoms with E-state index < -0.39 is 0 Å². The van der Waals surface area contributed by atoms with Gasteiger partial charge in [0.05, 0.1) is 0 Å². The molecule has 4 heteroatoms. The minimum absolute atomic E-state index is 0.605. The van der Waals surface area contributed by atoms with E-state index in [1.807, 2.05) is 78.9 Å². The first-order valence-corrected chi connectivity index (χ1v) is 15.7. The van der Waals surface area contributed by atoms with Crippen LogP contribution in [0, 0.1) is 0 Å². The molecular weight excluding hydrogens is 574 g/mol. The minimum atomic E-state index is 0.605. The van der Waals surface area contributed by atoms with Crippen LogP contribution in [0.3, 0.4) is 0 Å². The Morgan fingerprint density at radius 2 is 0.851 bits per heavy atom. The van der Waals surface area contributed by atoms with E-state index in [1.54, 1.807) is 0 Å². The van der Waals surface area contributed by atoms with Crippen molar-refractivity contribution >= 4 is 32.7 Å². The molecule has 0 aliphatic rings. The highest BCUT2D eigenvalue weighted by Gasteiger charge is 2.20. The number of furan rings is 1. The molecule has 220 valence electrons. The summed E-state index contributed by atoms with van der Waals surface area (Å²) in [4.78, 5) is 15.0. The summed E-state index contributed by atoms with van der Waals surface area (Å²) in [5.41, 5.74) is 9.10. The first-order chi connectivity index (χ1) is 23.3. The van der Waals surface area contributed by atoms with Crippen LogP contribution in [-0.4, -0.2) is 15.0 Å². The van der Waals surface area contributed by atoms with Crippen LogP contribution >= 0.6 is 0 Å². The van der Waals surface area contributed by atoms with E-state index in [2.05, 4.69) is 84.9 Å². The highest BCUT2D eigenvalue weighted by Crippen LogP contribution is 2.43. The third kappa shape index (κ3) is 4.75. The zero-order chi connectivity index (χ0) is 31.2. The highest BCUT2D eigenvalue weighted by atomic mass is 16.3. The smallest absolute Gasteiger partial charge is 0.164 e. The number of fused-ring (bicyclic) bond motifs is 5. The standard InChI is InChI=1S/C43H27N3O/c1-4-13-28(14-5-1)29-23-25-30(26-24-29)36-27-37-39-35(21-12-22-38(39)47-40(37)34-20-11-10-19-33(34)36)43-45-41(31-15-6-2-7-16-31)44-42(46-43)32-17-8-3-9-18-32/h1-27H. The predicted molar refractivity (Wildman–Crippen MR) is 192 cm³/mol. The Morgan fingerprint density at radius 3 is 1.49 bits per heavy atom. The average molecular weight is 602 g/mol. The van der Waals surface area contributed by atoms with E-state index in [9.17, 15) is 0 Å². The number of aromatic nitrogens is 3. The Hall–Kier alpha value is -6.39. The van der Waals surface area contributed by atoms with Gasteiger partial charge in [-0.2, -0.15) is 0 Å². The Bertz CT molecular complexity index is 2480. The van der Waals surface area contributed by atoms with Gasteiger partial charge in [-0.25, -0.2) is 15.0 Å². The maximum Gasteiger partial charge on any atom is 0.164 e. The van der Waals surface area contributed by atoms with Crippen LogP contribution in [0.2, 0.25) is 0 Å². The summed E-state index contributed by atoms with van der Waals surface area (Å²) in [5.74, 6) is 1.86. The van der Waals surface area contributed by atoms with Crippen LogP contribution < -0.4 is 0 Å². The number of hydrogen-bond donors (Lipinski definition) is 0. The largest absolute Gasteiger partial charge is 0.455 e. The van der Waals surface area contributed by atoms with Crippen LogP contribution in [0.25, 0.3) is 89.1 Å². The topological polar surface area (TPSA) is 51.8 Å². The number of benzene rings is 7. The van der Waals surface area contributed by atoms with Crippen molar-refractivity contribution in [1.29, 1.82) is 0 Å². The Morgan fingerprint density at radius 1 is 0.340 bits per heavy atom. The van der Waals surface area contributed by atoms with Crippen molar-refractivity contribution in [2.75, 3.05) is 0 Å². The molecule has 0 atom stereocenters. The van der Waals surface area contributed by atoms with Gasteiger partial charge in [-0.15, -0.1) is 0 Å². The highest BCUT2D eigenvalue weighted by molar-refractivity contribution is 6.21. The van der Waals surface area contributed by atoms with Gasteiger partial charge in [0, 0.05) is 32.8 Å². The molecule has 2 aromatic heterocycles. The molecule has 2 heterocycles. The van der Waals surface area contributed by atoms with Crippen LogP contribution in [0.1, 0.15) is 0 Å². The summed E-state index contributed by atoms with van der Waals surface area (Å²) in [6, 6.07) is 56.3. The third-order valence-corrected chi connectivity index (χ3v) is 8.75. The van der Waals surface area contributed by atoms with Crippen molar-refractivity contribution in [3.63, 3.8) is 0 Å². The second kappa shape index (κ2) is 11.2. The van der Waals surface area contributed by atoms with Crippen molar-refractivity contribution < 1.29 is 4.42 Å². The normalized spacial score (nSPS) is 11.4. The Labute approximate surface area is 271 Å². The molecule has 0 saturated carbocycles. The molecule has 0 fully saturated rings. The predicted octanol–water partition coefficient (Wildman–Crippen LogP) is 11.3. The van der Waals surface area contributed by atoms with E-state index in [1.165, 1.54) is 11.1 Å². The number of rotatable bonds is 5. The second-order valence-corrected chi connectivity index (χ2v) is 11.6. The SMILES string of the molecule is c1ccc(-c2ccc(-c3cc4c(oc5cccc(-c6nc(-c7ccccc7)nc(-c7ccccc7)n6)c54)c4ccccc34)cc2)cc1. The van der Waals surface area contributed by atoms with Crippen LogP contribution in [0.4, 0.5) is 0 Å². The summed E-state index contributed by atoms with van der Waals surface area (Å²) in [6.07, 6.45) is 0. The van der Waals surface area contributed by atoms with Gasteiger partial charge < -0.3 is 4.42 Å². The van der Waals surface area contributed by atoms with Crippen molar-refractivity contribution in [2.45, 2.75) is 0 Å². The summed E-state index contributed by atoms with van der Waals surface area (Å²) in [5, 5.41) is 4.23. The summed E-state index contributed by atoms with van der Waals surface area (Å²) in [6.45, 7) is 0. The lowest BCUT2D eigenvalue weighted by molar-refractivity contribution is 0.673. The van der Waals surface area contributed by atoms with E-state index in [0.717, 1.165) is 60.5 Å². The van der Waals surface area contributed by atoms with Gasteiger partial charge >= 0.3 is 0 Å². The van der Waals surface area contributed by atoms with Crippen molar-refractivity contribution in [2.24, 2.45) is 0 Å². The van der Waals surface area contributed by atoms with E-state index in [4.69, 9.17) is 19.4 Å². The molecule has 0 bridgehead atoms. The second-order valence-electron chi connectivity index (χ2n) is 11.6. The van der Waals surface area contributed by atoms with Gasteiger partial charge in [-0.3, -0.25) is 0 Å². The van der Waals surface area contributed by atoms with Gasteiger partial charge in [0.2, 0.25) is 0 Å². The fraction of sp³-hybridized carbons (Fsp3) is 0. The number of nitrogens with zero attached hydrogens (tertiary/aromatic N) is 3. The maximum absolute atomic E-state index is 6.65. The minimum Gasteiger partial charge on any atom is -0.455 e. The Kier molecular flexibility index (Phi) is 6.43. The molecule has 0 saturated heterocycles. The lowest BCUT2D eigenvalue weighted by Gasteiger charge is -2.11. The summed E-state index contributed by atoms with van der Waals surface area (Å²) < 4.78 is 6.65. The Balaban J connectivity index is 1.29. The molecule has 0 aliphatic heterocycles. The summed E-state index contributed by atoms with van der Waals surface area (Å²) >= 11 is 0. The first-order valence-electron chi connectivity index (χ1n) is 15.7. The molecule has 9 aromatic rings. The summed E-state index contributed by atoms with van der Waals surface area (Å²) in [7, 11) is 0. The van der Waals surface area contributed by atoms with E-state index in [0.29, 0.717) is 17.5 Å². The molecule has 0 radical (unpaired) electrons. The van der Waals surface area contributed by atoms with Crippen molar-refractivity contribution in [1.82, 2.24) is 15.0 Å². The van der Waals surface area contributed by atoms with Gasteiger partial charge in [-0.05, 0) is 39.8 Å². The first kappa shape index (κ1) is 27.0. The zero-order valence-corrected chi connectivity index (χ0v) is 25.3. The molecule has 0 aliphatic carbocycles.